The van der Waals surface area contributed by atoms with Gasteiger partial charge in [0.2, 0.25) is 5.76 Å². The number of aromatic carboxylic acids is 1. The van der Waals surface area contributed by atoms with E-state index >= 15 is 0 Å². The van der Waals surface area contributed by atoms with E-state index in [0.717, 1.165) is 5.69 Å². The number of hydrogen-bond donors (Lipinski definition) is 2. The fourth-order valence-electron chi connectivity index (χ4n) is 1.35. The molecule has 0 saturated carbocycles. The highest BCUT2D eigenvalue weighted by molar-refractivity contribution is 5.85. The molecule has 2 aromatic rings. The van der Waals surface area contributed by atoms with Crippen molar-refractivity contribution in [3.05, 3.63) is 30.3 Å². The van der Waals surface area contributed by atoms with Crippen LogP contribution in [0.4, 0.5) is 11.6 Å². The standard InChI is InChI=1S/C11H13N3O3/c1-7(2)14-6-8(5-12-14)13-10-4-3-9(17-10)11(15)16/h3-7,13H,1-2H3,(H,15,16). The van der Waals surface area contributed by atoms with Crippen molar-refractivity contribution in [1.82, 2.24) is 9.78 Å². The van der Waals surface area contributed by atoms with Crippen molar-refractivity contribution < 1.29 is 14.3 Å². The number of rotatable bonds is 4. The zero-order valence-electron chi connectivity index (χ0n) is 9.54. The van der Waals surface area contributed by atoms with E-state index in [9.17, 15) is 4.79 Å². The van der Waals surface area contributed by atoms with Gasteiger partial charge in [-0.25, -0.2) is 4.79 Å². The van der Waals surface area contributed by atoms with Crippen LogP contribution in [0.15, 0.2) is 28.9 Å². The van der Waals surface area contributed by atoms with Crippen LogP contribution in [0.2, 0.25) is 0 Å². The molecule has 2 heterocycles. The highest BCUT2D eigenvalue weighted by Crippen LogP contribution is 2.19. The highest BCUT2D eigenvalue weighted by Gasteiger charge is 2.09. The van der Waals surface area contributed by atoms with Gasteiger partial charge in [-0.05, 0) is 19.9 Å². The molecule has 2 N–H and O–H groups in total. The van der Waals surface area contributed by atoms with E-state index < -0.39 is 5.97 Å². The van der Waals surface area contributed by atoms with Crippen molar-refractivity contribution in [1.29, 1.82) is 0 Å². The van der Waals surface area contributed by atoms with Gasteiger partial charge < -0.3 is 14.8 Å². The first-order valence-corrected chi connectivity index (χ1v) is 5.20. The Bertz CT molecular complexity index is 528. The van der Waals surface area contributed by atoms with Crippen LogP contribution in [-0.2, 0) is 0 Å². The van der Waals surface area contributed by atoms with Gasteiger partial charge in [0.05, 0.1) is 11.9 Å². The number of nitrogens with one attached hydrogen (secondary N) is 1. The van der Waals surface area contributed by atoms with Crippen molar-refractivity contribution in [2.45, 2.75) is 19.9 Å². The van der Waals surface area contributed by atoms with E-state index in [0.29, 0.717) is 5.88 Å². The topological polar surface area (TPSA) is 80.3 Å². The molecule has 0 unspecified atom stereocenters. The molecule has 6 heteroatoms. The monoisotopic (exact) mass is 235 g/mol. The molecule has 0 aliphatic heterocycles. The zero-order valence-corrected chi connectivity index (χ0v) is 9.54. The molecular weight excluding hydrogens is 222 g/mol. The number of carboxylic acid groups (broad SMARTS) is 1. The van der Waals surface area contributed by atoms with Crippen LogP contribution in [-0.4, -0.2) is 20.9 Å². The lowest BCUT2D eigenvalue weighted by Gasteiger charge is -2.03. The Morgan fingerprint density at radius 2 is 2.29 bits per heavy atom. The predicted molar refractivity (Wildman–Crippen MR) is 61.6 cm³/mol. The summed E-state index contributed by atoms with van der Waals surface area (Å²) in [4.78, 5) is 10.6. The Morgan fingerprint density at radius 3 is 2.82 bits per heavy atom. The molecule has 0 bridgehead atoms. The van der Waals surface area contributed by atoms with E-state index in [4.69, 9.17) is 9.52 Å². The fourth-order valence-corrected chi connectivity index (χ4v) is 1.35. The van der Waals surface area contributed by atoms with Crippen LogP contribution < -0.4 is 5.32 Å². The number of hydrogen-bond acceptors (Lipinski definition) is 4. The van der Waals surface area contributed by atoms with E-state index in [1.807, 2.05) is 20.0 Å². The molecule has 0 fully saturated rings. The van der Waals surface area contributed by atoms with Gasteiger partial charge in [-0.3, -0.25) is 4.68 Å². The molecule has 6 nitrogen and oxygen atoms in total. The molecule has 2 rings (SSSR count). The van der Waals surface area contributed by atoms with Gasteiger partial charge in [-0.15, -0.1) is 0 Å². The van der Waals surface area contributed by atoms with Crippen LogP contribution in [0.1, 0.15) is 30.4 Å². The number of aromatic nitrogens is 2. The first-order valence-electron chi connectivity index (χ1n) is 5.20. The van der Waals surface area contributed by atoms with E-state index in [-0.39, 0.29) is 11.8 Å². The molecule has 0 aliphatic carbocycles. The molecule has 0 aromatic carbocycles. The van der Waals surface area contributed by atoms with Crippen molar-refractivity contribution in [3.63, 3.8) is 0 Å². The summed E-state index contributed by atoms with van der Waals surface area (Å²) in [6.07, 6.45) is 3.48. The maximum Gasteiger partial charge on any atom is 0.371 e. The molecule has 0 aliphatic rings. The first-order chi connectivity index (χ1) is 8.06. The summed E-state index contributed by atoms with van der Waals surface area (Å²) in [5, 5.41) is 15.8. The molecular formula is C11H13N3O3. The molecule has 90 valence electrons. The summed E-state index contributed by atoms with van der Waals surface area (Å²) in [6.45, 7) is 4.04. The average molecular weight is 235 g/mol. The van der Waals surface area contributed by atoms with Crippen molar-refractivity contribution in [3.8, 4) is 0 Å². The number of carboxylic acids is 1. The van der Waals surface area contributed by atoms with Crippen LogP contribution in [0, 0.1) is 0 Å². The van der Waals surface area contributed by atoms with Gasteiger partial charge in [-0.1, -0.05) is 0 Å². The van der Waals surface area contributed by atoms with Crippen molar-refractivity contribution in [2.24, 2.45) is 0 Å². The normalized spacial score (nSPS) is 10.8. The van der Waals surface area contributed by atoms with Crippen molar-refractivity contribution >= 4 is 17.5 Å². The average Bonchev–Trinajstić information content (AvgIpc) is 2.87. The Hall–Kier alpha value is -2.24. The fraction of sp³-hybridized carbons (Fsp3) is 0.273. The number of furan rings is 1. The minimum Gasteiger partial charge on any atom is -0.475 e. The van der Waals surface area contributed by atoms with Gasteiger partial charge in [0, 0.05) is 18.3 Å². The molecule has 0 spiro atoms. The van der Waals surface area contributed by atoms with E-state index in [2.05, 4.69) is 10.4 Å². The Kier molecular flexibility index (Phi) is 2.86. The van der Waals surface area contributed by atoms with Gasteiger partial charge in [-0.2, -0.15) is 5.10 Å². The summed E-state index contributed by atoms with van der Waals surface area (Å²) in [5.41, 5.74) is 0.755. The lowest BCUT2D eigenvalue weighted by Crippen LogP contribution is -1.99. The van der Waals surface area contributed by atoms with Gasteiger partial charge in [0.1, 0.15) is 0 Å². The predicted octanol–water partition coefficient (Wildman–Crippen LogP) is 2.50. The molecule has 17 heavy (non-hydrogen) atoms. The second-order valence-corrected chi connectivity index (χ2v) is 3.90. The van der Waals surface area contributed by atoms with Crippen LogP contribution >= 0.6 is 0 Å². The smallest absolute Gasteiger partial charge is 0.371 e. The molecule has 0 amide bonds. The Balaban J connectivity index is 2.11. The summed E-state index contributed by atoms with van der Waals surface area (Å²) in [5.74, 6) is -0.801. The maximum absolute atomic E-state index is 10.6. The molecule has 0 radical (unpaired) electrons. The summed E-state index contributed by atoms with van der Waals surface area (Å²) in [7, 11) is 0. The second kappa shape index (κ2) is 4.32. The van der Waals surface area contributed by atoms with Crippen molar-refractivity contribution in [2.75, 3.05) is 5.32 Å². The van der Waals surface area contributed by atoms with E-state index in [1.54, 1.807) is 16.9 Å². The highest BCUT2D eigenvalue weighted by atomic mass is 16.4. The molecule has 0 saturated heterocycles. The number of anilines is 2. The lowest BCUT2D eigenvalue weighted by molar-refractivity contribution is 0.0663. The van der Waals surface area contributed by atoms with Crippen LogP contribution in [0.3, 0.4) is 0 Å². The minimum absolute atomic E-state index is 0.0937. The maximum atomic E-state index is 10.6. The SMILES string of the molecule is CC(C)n1cc(Nc2ccc(C(=O)O)o2)cn1. The first kappa shape index (κ1) is 11.3. The van der Waals surface area contributed by atoms with Gasteiger partial charge in [0.15, 0.2) is 5.88 Å². The third kappa shape index (κ3) is 2.47. The third-order valence-electron chi connectivity index (χ3n) is 2.21. The zero-order chi connectivity index (χ0) is 12.4. The van der Waals surface area contributed by atoms with Crippen LogP contribution in [0.5, 0.6) is 0 Å². The summed E-state index contributed by atoms with van der Waals surface area (Å²) in [6, 6.07) is 3.24. The Labute approximate surface area is 97.9 Å². The van der Waals surface area contributed by atoms with Gasteiger partial charge >= 0.3 is 5.97 Å². The third-order valence-corrected chi connectivity index (χ3v) is 2.21. The quantitative estimate of drug-likeness (QED) is 0.851. The van der Waals surface area contributed by atoms with Gasteiger partial charge in [0.25, 0.3) is 0 Å². The second-order valence-electron chi connectivity index (χ2n) is 3.90. The molecule has 2 aromatic heterocycles. The minimum atomic E-state index is -1.09. The van der Waals surface area contributed by atoms with E-state index in [1.165, 1.54) is 6.07 Å². The largest absolute Gasteiger partial charge is 0.475 e. The van der Waals surface area contributed by atoms with Crippen LogP contribution in [0.25, 0.3) is 0 Å². The summed E-state index contributed by atoms with van der Waals surface area (Å²) >= 11 is 0. The summed E-state index contributed by atoms with van der Waals surface area (Å²) < 4.78 is 6.87. The number of carbonyl (C=O) groups is 1. The lowest BCUT2D eigenvalue weighted by atomic mass is 10.4. The number of nitrogens with zero attached hydrogens (tertiary/aromatic N) is 2. The molecule has 0 atom stereocenters. The Morgan fingerprint density at radius 1 is 1.53 bits per heavy atom.